The number of thioether (sulfide) groups is 1. The number of likely N-dealkylation sites (N-methyl/N-ethyl adjacent to an activating group) is 1. The van der Waals surface area contributed by atoms with Gasteiger partial charge in [-0.05, 0) is 105 Å². The first-order chi connectivity index (χ1) is 16.3. The zero-order valence-corrected chi connectivity index (χ0v) is 22.0. The minimum atomic E-state index is -0.302. The molecule has 0 aromatic rings. The van der Waals surface area contributed by atoms with Crippen molar-refractivity contribution in [1.82, 2.24) is 9.80 Å². The fourth-order valence-electron chi connectivity index (χ4n) is 10.5. The Kier molecular flexibility index (Phi) is 4.72. The first-order valence-electron chi connectivity index (χ1n) is 13.8. The topological polar surface area (TPSA) is 40.6 Å². The van der Waals surface area contributed by atoms with Crippen molar-refractivity contribution in [2.75, 3.05) is 26.4 Å². The van der Waals surface area contributed by atoms with Crippen molar-refractivity contribution >= 4 is 23.5 Å². The van der Waals surface area contributed by atoms with Gasteiger partial charge in [-0.1, -0.05) is 24.6 Å². The lowest BCUT2D eigenvalue weighted by atomic mass is 9.46. The largest absolute Gasteiger partial charge is 0.336 e. The summed E-state index contributed by atoms with van der Waals surface area (Å²) in [4.78, 5) is 30.9. The van der Waals surface area contributed by atoms with Crippen LogP contribution in [0.1, 0.15) is 71.1 Å². The van der Waals surface area contributed by atoms with Gasteiger partial charge in [-0.2, -0.15) is 0 Å². The average molecular weight is 481 g/mol. The Labute approximate surface area is 209 Å². The van der Waals surface area contributed by atoms with E-state index in [0.717, 1.165) is 48.8 Å². The van der Waals surface area contributed by atoms with Crippen LogP contribution in [0, 0.1) is 34.0 Å². The molecule has 34 heavy (non-hydrogen) atoms. The van der Waals surface area contributed by atoms with Gasteiger partial charge in [-0.25, -0.2) is 0 Å². The average Bonchev–Trinajstić information content (AvgIpc) is 3.10. The van der Waals surface area contributed by atoms with Crippen LogP contribution in [0.15, 0.2) is 22.6 Å². The Morgan fingerprint density at radius 1 is 1.09 bits per heavy atom. The van der Waals surface area contributed by atoms with E-state index < -0.39 is 0 Å². The molecule has 0 aromatic carbocycles. The molecule has 2 spiro atoms. The molecule has 8 atom stereocenters. The zero-order valence-electron chi connectivity index (χ0n) is 21.1. The number of fused-ring (bicyclic) bond motifs is 4. The summed E-state index contributed by atoms with van der Waals surface area (Å²) in [5.74, 6) is 2.93. The second kappa shape index (κ2) is 7.25. The third-order valence-electron chi connectivity index (χ3n) is 12.3. The Balaban J connectivity index is 1.10. The first-order valence-corrected chi connectivity index (χ1v) is 14.8. The molecule has 184 valence electrons. The highest BCUT2D eigenvalue weighted by atomic mass is 32.2. The maximum absolute atomic E-state index is 13.0. The Hall–Kier alpha value is -1.07. The standard InChI is InChI=1S/C29H40N2O2S/c1-27-11-8-19(31(3)26(33)25(32)23-5-4-14-34-23)15-18(27)6-7-20-21(27)9-13-29-17-30(2)24-16-28(24,29)12-10-22(20)29/h5-6,19-22,24H,4,7-17H2,1-3H3/t19-,20+,21?,22?,24-,27-,28-,29+/m0/s1. The predicted molar refractivity (Wildman–Crippen MR) is 136 cm³/mol. The SMILES string of the molecule is CN1C[C@]23CCC4[C@@H](CC=C5C[C@@H](N(C)C(=O)C(=O)C6=CCCS6)CC[C@@]54C)C2CC[C@@]32C[C@H]12. The Morgan fingerprint density at radius 2 is 1.88 bits per heavy atom. The van der Waals surface area contributed by atoms with Crippen molar-refractivity contribution in [3.8, 4) is 0 Å². The van der Waals surface area contributed by atoms with Gasteiger partial charge in [0.15, 0.2) is 0 Å². The lowest BCUT2D eigenvalue weighted by Crippen LogP contribution is -2.54. The molecule has 0 bridgehead atoms. The molecule has 5 aliphatic carbocycles. The molecular formula is C29H40N2O2S. The fourth-order valence-corrected chi connectivity index (χ4v) is 11.5. The molecule has 2 aliphatic heterocycles. The number of nitrogens with zero attached hydrogens (tertiary/aromatic N) is 2. The second-order valence-corrected chi connectivity index (χ2v) is 14.3. The molecule has 1 saturated heterocycles. The summed E-state index contributed by atoms with van der Waals surface area (Å²) in [5.41, 5.74) is 3.19. The van der Waals surface area contributed by atoms with Crippen LogP contribution < -0.4 is 0 Å². The van der Waals surface area contributed by atoms with Crippen LogP contribution in [0.25, 0.3) is 0 Å². The highest BCUT2D eigenvalue weighted by Gasteiger charge is 2.78. The van der Waals surface area contributed by atoms with Crippen molar-refractivity contribution in [2.45, 2.75) is 83.2 Å². The van der Waals surface area contributed by atoms with E-state index in [0.29, 0.717) is 21.2 Å². The van der Waals surface area contributed by atoms with Crippen LogP contribution >= 0.6 is 11.8 Å². The highest BCUT2D eigenvalue weighted by Crippen LogP contribution is 2.80. The fraction of sp³-hybridized carbons (Fsp3) is 0.793. The second-order valence-electron chi connectivity index (χ2n) is 13.1. The van der Waals surface area contributed by atoms with Crippen molar-refractivity contribution in [2.24, 2.45) is 34.0 Å². The highest BCUT2D eigenvalue weighted by molar-refractivity contribution is 8.04. The summed E-state index contributed by atoms with van der Waals surface area (Å²) in [7, 11) is 4.26. The van der Waals surface area contributed by atoms with Gasteiger partial charge in [-0.3, -0.25) is 9.59 Å². The monoisotopic (exact) mass is 480 g/mol. The molecule has 0 aromatic heterocycles. The summed E-state index contributed by atoms with van der Waals surface area (Å²) in [6.45, 7) is 3.92. The van der Waals surface area contributed by atoms with Crippen LogP contribution in [0.2, 0.25) is 0 Å². The van der Waals surface area contributed by atoms with Gasteiger partial charge in [0, 0.05) is 31.4 Å². The van der Waals surface area contributed by atoms with Crippen molar-refractivity contribution in [3.05, 3.63) is 22.6 Å². The molecule has 4 saturated carbocycles. The third-order valence-corrected chi connectivity index (χ3v) is 13.4. The lowest BCUT2D eigenvalue weighted by Gasteiger charge is -2.59. The number of rotatable bonds is 3. The van der Waals surface area contributed by atoms with E-state index in [9.17, 15) is 9.59 Å². The van der Waals surface area contributed by atoms with Crippen LogP contribution in [0.3, 0.4) is 0 Å². The number of likely N-dealkylation sites (tertiary alicyclic amines) is 1. The van der Waals surface area contributed by atoms with E-state index >= 15 is 0 Å². The number of ketones is 1. The summed E-state index contributed by atoms with van der Waals surface area (Å²) in [6.07, 6.45) is 17.2. The molecule has 2 heterocycles. The number of allylic oxidation sites excluding steroid dienone is 2. The quantitative estimate of drug-likeness (QED) is 0.419. The molecular weight excluding hydrogens is 440 g/mol. The number of amides is 1. The number of hydrogen-bond donors (Lipinski definition) is 0. The molecule has 1 amide bonds. The minimum absolute atomic E-state index is 0.166. The van der Waals surface area contributed by atoms with Crippen LogP contribution in [0.4, 0.5) is 0 Å². The maximum Gasteiger partial charge on any atom is 0.295 e. The molecule has 4 nitrogen and oxygen atoms in total. The number of piperidine rings is 1. The normalized spacial score (nSPS) is 48.6. The predicted octanol–water partition coefficient (Wildman–Crippen LogP) is 5.05. The van der Waals surface area contributed by atoms with Gasteiger partial charge in [0.25, 0.3) is 11.7 Å². The van der Waals surface area contributed by atoms with Crippen LogP contribution in [-0.4, -0.2) is 60.0 Å². The summed E-state index contributed by atoms with van der Waals surface area (Å²) < 4.78 is 0. The number of carbonyl (C=O) groups excluding carboxylic acids is 2. The Morgan fingerprint density at radius 3 is 2.65 bits per heavy atom. The third kappa shape index (κ3) is 2.67. The lowest BCUT2D eigenvalue weighted by molar-refractivity contribution is -0.143. The number of hydrogen-bond acceptors (Lipinski definition) is 4. The number of Topliss-reactive ketones (excluding diaryl/α,β-unsaturated/α-hetero) is 1. The van der Waals surface area contributed by atoms with Crippen molar-refractivity contribution in [1.29, 1.82) is 0 Å². The van der Waals surface area contributed by atoms with Crippen molar-refractivity contribution in [3.63, 3.8) is 0 Å². The van der Waals surface area contributed by atoms with E-state index in [2.05, 4.69) is 24.9 Å². The van der Waals surface area contributed by atoms with Gasteiger partial charge < -0.3 is 9.80 Å². The van der Waals surface area contributed by atoms with Crippen molar-refractivity contribution < 1.29 is 9.59 Å². The van der Waals surface area contributed by atoms with Crippen LogP contribution in [-0.2, 0) is 9.59 Å². The molecule has 0 radical (unpaired) electrons. The Bertz CT molecular complexity index is 1020. The zero-order chi connectivity index (χ0) is 23.5. The van der Waals surface area contributed by atoms with E-state index in [1.807, 2.05) is 13.1 Å². The van der Waals surface area contributed by atoms with E-state index in [1.54, 1.807) is 10.5 Å². The van der Waals surface area contributed by atoms with Gasteiger partial charge in [-0.15, -0.1) is 11.8 Å². The van der Waals surface area contributed by atoms with Gasteiger partial charge >= 0.3 is 0 Å². The molecule has 7 rings (SSSR count). The first kappa shape index (κ1) is 22.2. The van der Waals surface area contributed by atoms with Gasteiger partial charge in [0.1, 0.15) is 0 Å². The molecule has 5 heteroatoms. The minimum Gasteiger partial charge on any atom is -0.336 e. The van der Waals surface area contributed by atoms with Gasteiger partial charge in [0.2, 0.25) is 0 Å². The molecule has 2 unspecified atom stereocenters. The molecule has 5 fully saturated rings. The van der Waals surface area contributed by atoms with Crippen LogP contribution in [0.5, 0.6) is 0 Å². The van der Waals surface area contributed by atoms with Gasteiger partial charge in [0.05, 0.1) is 4.91 Å². The molecule has 7 aliphatic rings. The van der Waals surface area contributed by atoms with E-state index in [-0.39, 0.29) is 17.7 Å². The summed E-state index contributed by atoms with van der Waals surface area (Å²) in [6, 6.07) is 1.06. The van der Waals surface area contributed by atoms with E-state index in [1.165, 1.54) is 63.3 Å². The summed E-state index contributed by atoms with van der Waals surface area (Å²) in [5, 5.41) is 0. The maximum atomic E-state index is 13.0. The van der Waals surface area contributed by atoms with E-state index in [4.69, 9.17) is 0 Å². The summed E-state index contributed by atoms with van der Waals surface area (Å²) >= 11 is 1.54. The number of carbonyl (C=O) groups is 2. The molecule has 0 N–H and O–H groups in total. The smallest absolute Gasteiger partial charge is 0.295 e.